The van der Waals surface area contributed by atoms with Gasteiger partial charge in [0.25, 0.3) is 0 Å². The predicted octanol–water partition coefficient (Wildman–Crippen LogP) is 2.61. The van der Waals surface area contributed by atoms with Gasteiger partial charge in [-0.1, -0.05) is 12.1 Å². The average molecular weight is 229 g/mol. The number of halogens is 3. The molecule has 86 valence electrons. The summed E-state index contributed by atoms with van der Waals surface area (Å²) in [4.78, 5) is 12.5. The normalized spacial score (nSPS) is 20.9. The van der Waals surface area contributed by atoms with Crippen LogP contribution in [0.2, 0.25) is 0 Å². The van der Waals surface area contributed by atoms with Crippen LogP contribution in [-0.4, -0.2) is 17.9 Å². The fourth-order valence-electron chi connectivity index (χ4n) is 1.77. The molecule has 1 saturated heterocycles. The zero-order valence-electron chi connectivity index (χ0n) is 8.58. The van der Waals surface area contributed by atoms with Gasteiger partial charge in [0.05, 0.1) is 18.0 Å². The quantitative estimate of drug-likeness (QED) is 0.678. The van der Waals surface area contributed by atoms with Gasteiger partial charge in [0.15, 0.2) is 0 Å². The second-order valence-electron chi connectivity index (χ2n) is 3.85. The molecule has 1 aromatic carbocycles. The molecule has 16 heavy (non-hydrogen) atoms. The zero-order chi connectivity index (χ0) is 11.9. The molecule has 5 heteroatoms. The van der Waals surface area contributed by atoms with Crippen LogP contribution in [0.4, 0.5) is 13.2 Å². The van der Waals surface area contributed by atoms with E-state index >= 15 is 0 Å². The van der Waals surface area contributed by atoms with E-state index in [2.05, 4.69) is 0 Å². The van der Waals surface area contributed by atoms with Crippen LogP contribution in [0.3, 0.4) is 0 Å². The molecule has 1 amide bonds. The van der Waals surface area contributed by atoms with E-state index in [4.69, 9.17) is 0 Å². The molecule has 0 saturated carbocycles. The van der Waals surface area contributed by atoms with Gasteiger partial charge >= 0.3 is 6.18 Å². The molecule has 0 N–H and O–H groups in total. The maximum atomic E-state index is 12.4. The van der Waals surface area contributed by atoms with E-state index in [1.807, 2.05) is 0 Å². The van der Waals surface area contributed by atoms with Gasteiger partial charge in [-0.05, 0) is 17.7 Å². The van der Waals surface area contributed by atoms with E-state index in [1.54, 1.807) is 13.1 Å². The number of benzene rings is 1. The number of hydrogen-bond acceptors (Lipinski definition) is 1. The van der Waals surface area contributed by atoms with Gasteiger partial charge in [-0.3, -0.25) is 4.79 Å². The summed E-state index contributed by atoms with van der Waals surface area (Å²) in [6.45, 7) is 0. The van der Waals surface area contributed by atoms with Crippen molar-refractivity contribution in [1.29, 1.82) is 0 Å². The standard InChI is InChI=1S/C11H10F3NO/c1-15-9(6-10(15)16)7-3-2-4-8(5-7)11(12,13)14/h2-5,9H,6H2,1H3. The number of nitrogens with zero attached hydrogens (tertiary/aromatic N) is 1. The second-order valence-corrected chi connectivity index (χ2v) is 3.85. The largest absolute Gasteiger partial charge is 0.416 e. The molecule has 1 unspecified atom stereocenters. The molecule has 0 radical (unpaired) electrons. The first-order valence-corrected chi connectivity index (χ1v) is 4.82. The van der Waals surface area contributed by atoms with E-state index in [1.165, 1.54) is 11.0 Å². The number of carbonyl (C=O) groups excluding carboxylic acids is 1. The molecule has 1 aliphatic rings. The van der Waals surface area contributed by atoms with Crippen molar-refractivity contribution in [2.45, 2.75) is 18.6 Å². The molecule has 1 aliphatic heterocycles. The van der Waals surface area contributed by atoms with Gasteiger partial charge in [-0.25, -0.2) is 0 Å². The molecular formula is C11H10F3NO. The van der Waals surface area contributed by atoms with Gasteiger partial charge in [-0.2, -0.15) is 13.2 Å². The van der Waals surface area contributed by atoms with Crippen molar-refractivity contribution in [3.63, 3.8) is 0 Å². The molecule has 0 spiro atoms. The van der Waals surface area contributed by atoms with Crippen molar-refractivity contribution < 1.29 is 18.0 Å². The monoisotopic (exact) mass is 229 g/mol. The highest BCUT2D eigenvalue weighted by Gasteiger charge is 2.36. The highest BCUT2D eigenvalue weighted by molar-refractivity contribution is 5.83. The van der Waals surface area contributed by atoms with Crippen LogP contribution in [0.1, 0.15) is 23.6 Å². The van der Waals surface area contributed by atoms with Crippen molar-refractivity contribution in [2.24, 2.45) is 0 Å². The Kier molecular flexibility index (Phi) is 2.40. The molecular weight excluding hydrogens is 219 g/mol. The van der Waals surface area contributed by atoms with Crippen molar-refractivity contribution in [2.75, 3.05) is 7.05 Å². The summed E-state index contributed by atoms with van der Waals surface area (Å²) in [5.74, 6) is -0.0394. The third-order valence-electron chi connectivity index (χ3n) is 2.83. The van der Waals surface area contributed by atoms with E-state index in [-0.39, 0.29) is 18.4 Å². The van der Waals surface area contributed by atoms with E-state index < -0.39 is 11.7 Å². The van der Waals surface area contributed by atoms with E-state index in [0.29, 0.717) is 5.56 Å². The molecule has 0 bridgehead atoms. The fourth-order valence-corrected chi connectivity index (χ4v) is 1.77. The number of carbonyl (C=O) groups is 1. The van der Waals surface area contributed by atoms with Crippen LogP contribution in [0.5, 0.6) is 0 Å². The molecule has 1 atom stereocenters. The van der Waals surface area contributed by atoms with Crippen molar-refractivity contribution in [1.82, 2.24) is 4.90 Å². The predicted molar refractivity (Wildman–Crippen MR) is 51.6 cm³/mol. The Labute approximate surface area is 90.7 Å². The molecule has 1 fully saturated rings. The molecule has 1 aromatic rings. The van der Waals surface area contributed by atoms with Gasteiger partial charge in [0.1, 0.15) is 0 Å². The third kappa shape index (κ3) is 1.77. The lowest BCUT2D eigenvalue weighted by atomic mass is 9.93. The minimum Gasteiger partial charge on any atom is -0.338 e. The Morgan fingerprint density at radius 3 is 2.56 bits per heavy atom. The Morgan fingerprint density at radius 1 is 1.38 bits per heavy atom. The number of likely N-dealkylation sites (tertiary alicyclic amines) is 1. The minimum absolute atomic E-state index is 0.0394. The average Bonchev–Trinajstić information content (AvgIpc) is 2.24. The van der Waals surface area contributed by atoms with Gasteiger partial charge < -0.3 is 4.90 Å². The van der Waals surface area contributed by atoms with Crippen LogP contribution in [-0.2, 0) is 11.0 Å². The molecule has 0 aliphatic carbocycles. The number of amides is 1. The highest BCUT2D eigenvalue weighted by atomic mass is 19.4. The topological polar surface area (TPSA) is 20.3 Å². The van der Waals surface area contributed by atoms with E-state index in [0.717, 1.165) is 12.1 Å². The van der Waals surface area contributed by atoms with Gasteiger partial charge in [0, 0.05) is 7.05 Å². The van der Waals surface area contributed by atoms with Gasteiger partial charge in [0.2, 0.25) is 5.91 Å². The van der Waals surface area contributed by atoms with Crippen LogP contribution < -0.4 is 0 Å². The Hall–Kier alpha value is -1.52. The van der Waals surface area contributed by atoms with Crippen LogP contribution in [0.15, 0.2) is 24.3 Å². The maximum absolute atomic E-state index is 12.4. The third-order valence-corrected chi connectivity index (χ3v) is 2.83. The Balaban J connectivity index is 2.27. The number of β-lactam (4-membered cyclic amide) rings is 1. The fraction of sp³-hybridized carbons (Fsp3) is 0.364. The SMILES string of the molecule is CN1C(=O)CC1c1cccc(C(F)(F)F)c1. The van der Waals surface area contributed by atoms with Crippen LogP contribution in [0, 0.1) is 0 Å². The van der Waals surface area contributed by atoms with Crippen LogP contribution >= 0.6 is 0 Å². The summed E-state index contributed by atoms with van der Waals surface area (Å²) in [5.41, 5.74) is -0.130. The van der Waals surface area contributed by atoms with Crippen molar-refractivity contribution in [3.8, 4) is 0 Å². The van der Waals surface area contributed by atoms with Crippen LogP contribution in [0.25, 0.3) is 0 Å². The lowest BCUT2D eigenvalue weighted by molar-refractivity contribution is -0.143. The maximum Gasteiger partial charge on any atom is 0.416 e. The number of hydrogen-bond donors (Lipinski definition) is 0. The highest BCUT2D eigenvalue weighted by Crippen LogP contribution is 2.36. The zero-order valence-corrected chi connectivity index (χ0v) is 8.58. The molecule has 2 rings (SSSR count). The summed E-state index contributed by atoms with van der Waals surface area (Å²) < 4.78 is 37.3. The summed E-state index contributed by atoms with van der Waals surface area (Å²) in [7, 11) is 1.59. The Bertz CT molecular complexity index is 427. The second kappa shape index (κ2) is 3.50. The van der Waals surface area contributed by atoms with Crippen molar-refractivity contribution >= 4 is 5.91 Å². The number of rotatable bonds is 1. The first-order valence-electron chi connectivity index (χ1n) is 4.82. The minimum atomic E-state index is -4.33. The van der Waals surface area contributed by atoms with Gasteiger partial charge in [-0.15, -0.1) is 0 Å². The number of alkyl halides is 3. The lowest BCUT2D eigenvalue weighted by Gasteiger charge is -2.37. The summed E-state index contributed by atoms with van der Waals surface area (Å²) in [6, 6.07) is 4.91. The summed E-state index contributed by atoms with van der Waals surface area (Å²) in [5, 5.41) is 0. The molecule has 2 nitrogen and oxygen atoms in total. The summed E-state index contributed by atoms with van der Waals surface area (Å²) in [6.07, 6.45) is -4.04. The van der Waals surface area contributed by atoms with Crippen molar-refractivity contribution in [3.05, 3.63) is 35.4 Å². The van der Waals surface area contributed by atoms with E-state index in [9.17, 15) is 18.0 Å². The molecule has 1 heterocycles. The smallest absolute Gasteiger partial charge is 0.338 e. The Morgan fingerprint density at radius 2 is 2.06 bits per heavy atom. The first kappa shape index (κ1) is 11.0. The molecule has 0 aromatic heterocycles. The summed E-state index contributed by atoms with van der Waals surface area (Å²) >= 11 is 0. The first-order chi connectivity index (χ1) is 7.39. The lowest BCUT2D eigenvalue weighted by Crippen LogP contribution is -2.43.